The molecule has 138 valence electrons. The number of rotatable bonds is 4. The van der Waals surface area contributed by atoms with Crippen LogP contribution < -0.4 is 10.6 Å². The highest BCUT2D eigenvalue weighted by Gasteiger charge is 2.28. The predicted molar refractivity (Wildman–Crippen MR) is 104 cm³/mol. The number of urea groups is 1. The van der Waals surface area contributed by atoms with E-state index in [1.165, 1.54) is 5.56 Å². The number of nitrogens with zero attached hydrogens (tertiary/aromatic N) is 5. The van der Waals surface area contributed by atoms with Gasteiger partial charge in [-0.05, 0) is 23.8 Å². The Bertz CT molecular complexity index is 1120. The molecule has 0 saturated heterocycles. The van der Waals surface area contributed by atoms with Gasteiger partial charge < -0.3 is 15.2 Å². The Kier molecular flexibility index (Phi) is 3.86. The first-order valence-corrected chi connectivity index (χ1v) is 8.91. The van der Waals surface area contributed by atoms with Crippen molar-refractivity contribution in [2.45, 2.75) is 6.04 Å². The summed E-state index contributed by atoms with van der Waals surface area (Å²) in [5.74, 6) is 0.686. The zero-order valence-electron chi connectivity index (χ0n) is 14.9. The molecular formula is C20H17N7O. The molecule has 2 N–H and O–H groups in total. The van der Waals surface area contributed by atoms with Gasteiger partial charge in [-0.25, -0.2) is 19.4 Å². The minimum atomic E-state index is -0.278. The van der Waals surface area contributed by atoms with E-state index in [9.17, 15) is 4.79 Å². The summed E-state index contributed by atoms with van der Waals surface area (Å²) in [6.45, 7) is 0.463. The Hall–Kier alpha value is -3.94. The zero-order valence-corrected chi connectivity index (χ0v) is 14.9. The molecule has 0 aliphatic carbocycles. The summed E-state index contributed by atoms with van der Waals surface area (Å²) in [5, 5.41) is 9.89. The Labute approximate surface area is 160 Å². The Morgan fingerprint density at radius 2 is 2.04 bits per heavy atom. The summed E-state index contributed by atoms with van der Waals surface area (Å²) in [6, 6.07) is 13.4. The topological polar surface area (TPSA) is 89.7 Å². The van der Waals surface area contributed by atoms with Gasteiger partial charge in [0.1, 0.15) is 0 Å². The Morgan fingerprint density at radius 1 is 1.11 bits per heavy atom. The zero-order chi connectivity index (χ0) is 18.9. The molecule has 1 unspecified atom stereocenters. The third-order valence-electron chi connectivity index (χ3n) is 4.80. The highest BCUT2D eigenvalue weighted by Crippen LogP contribution is 2.38. The van der Waals surface area contributed by atoms with Crippen LogP contribution in [0.15, 0.2) is 73.6 Å². The van der Waals surface area contributed by atoms with Crippen LogP contribution in [0, 0.1) is 0 Å². The lowest BCUT2D eigenvalue weighted by Gasteiger charge is -2.16. The summed E-state index contributed by atoms with van der Waals surface area (Å²) in [5.41, 5.74) is 4.03. The van der Waals surface area contributed by atoms with Gasteiger partial charge in [0.25, 0.3) is 0 Å². The first-order chi connectivity index (χ1) is 13.8. The van der Waals surface area contributed by atoms with E-state index in [1.807, 2.05) is 30.6 Å². The highest BCUT2D eigenvalue weighted by molar-refractivity contribution is 5.89. The number of aromatic nitrogens is 5. The molecule has 2 amide bonds. The van der Waals surface area contributed by atoms with Crippen molar-refractivity contribution in [2.24, 2.45) is 0 Å². The largest absolute Gasteiger partial charge is 0.335 e. The van der Waals surface area contributed by atoms with Crippen LogP contribution in [0.1, 0.15) is 11.6 Å². The summed E-state index contributed by atoms with van der Waals surface area (Å²) < 4.78 is 3.75. The normalized spacial score (nSPS) is 14.4. The molecule has 5 rings (SSSR count). The van der Waals surface area contributed by atoms with Crippen LogP contribution in [0.5, 0.6) is 0 Å². The first-order valence-electron chi connectivity index (χ1n) is 8.91. The summed E-state index contributed by atoms with van der Waals surface area (Å²) in [4.78, 5) is 20.9. The van der Waals surface area contributed by atoms with Gasteiger partial charge in [-0.1, -0.05) is 24.3 Å². The van der Waals surface area contributed by atoms with E-state index >= 15 is 0 Å². The fraction of sp³-hybridized carbons (Fsp3) is 0.100. The Morgan fingerprint density at radius 3 is 2.86 bits per heavy atom. The van der Waals surface area contributed by atoms with Crippen LogP contribution in [0.3, 0.4) is 0 Å². The van der Waals surface area contributed by atoms with Gasteiger partial charge in [-0.15, -0.1) is 0 Å². The molecule has 0 bridgehead atoms. The van der Waals surface area contributed by atoms with Crippen molar-refractivity contribution in [3.8, 4) is 17.1 Å². The molecule has 0 saturated carbocycles. The lowest BCUT2D eigenvalue weighted by atomic mass is 10.0. The maximum atomic E-state index is 12.4. The molecule has 0 spiro atoms. The number of carbonyl (C=O) groups is 1. The van der Waals surface area contributed by atoms with Crippen molar-refractivity contribution in [3.63, 3.8) is 0 Å². The second-order valence-electron chi connectivity index (χ2n) is 6.48. The van der Waals surface area contributed by atoms with Crippen molar-refractivity contribution in [2.75, 3.05) is 11.9 Å². The van der Waals surface area contributed by atoms with E-state index in [2.05, 4.69) is 42.4 Å². The average Bonchev–Trinajstić information content (AvgIpc) is 3.45. The van der Waals surface area contributed by atoms with Gasteiger partial charge in [-0.3, -0.25) is 0 Å². The number of hydrogen-bond acceptors (Lipinski definition) is 4. The molecule has 4 aromatic rings. The van der Waals surface area contributed by atoms with Crippen LogP contribution in [-0.4, -0.2) is 36.9 Å². The van der Waals surface area contributed by atoms with Gasteiger partial charge in [0.2, 0.25) is 0 Å². The minimum absolute atomic E-state index is 0.0276. The predicted octanol–water partition coefficient (Wildman–Crippen LogP) is 2.86. The van der Waals surface area contributed by atoms with Crippen LogP contribution in [0.4, 0.5) is 10.5 Å². The van der Waals surface area contributed by atoms with E-state index in [0.29, 0.717) is 18.1 Å². The van der Waals surface area contributed by atoms with Gasteiger partial charge in [0.15, 0.2) is 5.82 Å². The molecule has 0 radical (unpaired) electrons. The minimum Gasteiger partial charge on any atom is -0.335 e. The van der Waals surface area contributed by atoms with E-state index < -0.39 is 0 Å². The molecular weight excluding hydrogens is 354 g/mol. The van der Waals surface area contributed by atoms with E-state index in [-0.39, 0.29) is 12.1 Å². The van der Waals surface area contributed by atoms with E-state index in [4.69, 9.17) is 0 Å². The Balaban J connectivity index is 1.25. The van der Waals surface area contributed by atoms with Crippen LogP contribution >= 0.6 is 0 Å². The van der Waals surface area contributed by atoms with Crippen molar-refractivity contribution in [3.05, 3.63) is 79.1 Å². The number of imidazole rings is 1. The van der Waals surface area contributed by atoms with Gasteiger partial charge in [-0.2, -0.15) is 5.10 Å². The molecule has 28 heavy (non-hydrogen) atoms. The molecule has 1 atom stereocenters. The maximum absolute atomic E-state index is 12.4. The molecule has 0 fully saturated rings. The fourth-order valence-electron chi connectivity index (χ4n) is 3.51. The number of carbonyl (C=O) groups excluding carboxylic acids is 1. The number of nitrogens with one attached hydrogen (secondary N) is 2. The van der Waals surface area contributed by atoms with Crippen LogP contribution in [0.25, 0.3) is 17.1 Å². The van der Waals surface area contributed by atoms with E-state index in [1.54, 1.807) is 35.5 Å². The fourth-order valence-corrected chi connectivity index (χ4v) is 3.51. The summed E-state index contributed by atoms with van der Waals surface area (Å²) >= 11 is 0. The monoisotopic (exact) mass is 371 g/mol. The summed E-state index contributed by atoms with van der Waals surface area (Å²) in [7, 11) is 0. The van der Waals surface area contributed by atoms with Crippen LogP contribution in [0.2, 0.25) is 0 Å². The molecule has 8 heteroatoms. The van der Waals surface area contributed by atoms with Crippen molar-refractivity contribution in [1.82, 2.24) is 29.6 Å². The lowest BCUT2D eigenvalue weighted by Crippen LogP contribution is -2.33. The number of amides is 2. The van der Waals surface area contributed by atoms with Gasteiger partial charge in [0.05, 0.1) is 36.1 Å². The standard InChI is InChI=1S/C20H17N7O/c28-20(25-14-6-7-19(22-10-14)27-9-3-8-24-27)23-12-18-16-5-2-1-4-15(16)17-11-21-13-26(17)18/h1-11,13,18H,12H2,(H2,23,25,28). The number of pyridine rings is 1. The van der Waals surface area contributed by atoms with E-state index in [0.717, 1.165) is 11.3 Å². The SMILES string of the molecule is O=C(NCC1c2ccccc2-c2cncn21)Nc1ccc(-n2cccn2)nc1. The van der Waals surface area contributed by atoms with Crippen LogP contribution in [-0.2, 0) is 0 Å². The molecule has 1 aromatic carbocycles. The average molecular weight is 371 g/mol. The quantitative estimate of drug-likeness (QED) is 0.577. The van der Waals surface area contributed by atoms with Gasteiger partial charge >= 0.3 is 6.03 Å². The summed E-state index contributed by atoms with van der Waals surface area (Å²) in [6.07, 6.45) is 8.76. The third-order valence-corrected chi connectivity index (χ3v) is 4.80. The first kappa shape index (κ1) is 16.2. The molecule has 1 aliphatic heterocycles. The van der Waals surface area contributed by atoms with Crippen molar-refractivity contribution >= 4 is 11.7 Å². The number of anilines is 1. The number of benzene rings is 1. The molecule has 8 nitrogen and oxygen atoms in total. The van der Waals surface area contributed by atoms with Crippen molar-refractivity contribution < 1.29 is 4.79 Å². The van der Waals surface area contributed by atoms with Crippen molar-refractivity contribution in [1.29, 1.82) is 0 Å². The number of fused-ring (bicyclic) bond motifs is 3. The highest BCUT2D eigenvalue weighted by atomic mass is 16.2. The second kappa shape index (κ2) is 6.66. The molecule has 4 heterocycles. The molecule has 1 aliphatic rings. The third kappa shape index (κ3) is 2.81. The van der Waals surface area contributed by atoms with Gasteiger partial charge in [0, 0.05) is 24.5 Å². The second-order valence-corrected chi connectivity index (χ2v) is 6.48. The number of hydrogen-bond donors (Lipinski definition) is 2. The lowest BCUT2D eigenvalue weighted by molar-refractivity contribution is 0.251. The molecule has 3 aromatic heterocycles. The maximum Gasteiger partial charge on any atom is 0.319 e. The smallest absolute Gasteiger partial charge is 0.319 e.